The molecule has 0 spiro atoms. The summed E-state index contributed by atoms with van der Waals surface area (Å²) in [5, 5.41) is 3.41. The molecule has 1 N–H and O–H groups in total. The minimum absolute atomic E-state index is 0.0987. The lowest BCUT2D eigenvalue weighted by molar-refractivity contribution is -0.139. The van der Waals surface area contributed by atoms with Gasteiger partial charge in [-0.05, 0) is 56.7 Å². The Balaban J connectivity index is 2.02. The van der Waals surface area contributed by atoms with Gasteiger partial charge < -0.3 is 15.0 Å². The summed E-state index contributed by atoms with van der Waals surface area (Å²) in [6, 6.07) is 8.33. The number of hydrogen-bond donors (Lipinski definition) is 1. The van der Waals surface area contributed by atoms with E-state index in [-0.39, 0.29) is 17.2 Å². The Morgan fingerprint density at radius 1 is 1.09 bits per heavy atom. The van der Waals surface area contributed by atoms with Gasteiger partial charge in [-0.2, -0.15) is 0 Å². The first-order valence-corrected chi connectivity index (χ1v) is 12.5. The third-order valence-corrected chi connectivity index (χ3v) is 6.80. The highest BCUT2D eigenvalue weighted by Gasteiger charge is 2.43. The van der Waals surface area contributed by atoms with E-state index < -0.39 is 5.92 Å². The van der Waals surface area contributed by atoms with Crippen LogP contribution in [0.4, 0.5) is 5.69 Å². The SMILES string of the molecule is CCCCCOC(=O)C1=C(C)NC2=C(C(=O)CC(C)(C)C2)[C@H]1c1ccc(N(CC)CC)cc1. The van der Waals surface area contributed by atoms with Gasteiger partial charge in [-0.25, -0.2) is 4.79 Å². The normalized spacial score (nSPS) is 19.8. The fraction of sp³-hybridized carbons (Fsp3) is 0.571. The second-order valence-corrected chi connectivity index (χ2v) is 10.0. The molecule has 3 rings (SSSR count). The molecule has 1 aliphatic carbocycles. The van der Waals surface area contributed by atoms with Crippen LogP contribution in [0.2, 0.25) is 0 Å². The number of nitrogens with one attached hydrogen (secondary N) is 1. The van der Waals surface area contributed by atoms with Crippen molar-refractivity contribution in [3.63, 3.8) is 0 Å². The smallest absolute Gasteiger partial charge is 0.336 e. The molecule has 1 aliphatic heterocycles. The predicted molar refractivity (Wildman–Crippen MR) is 134 cm³/mol. The van der Waals surface area contributed by atoms with Crippen molar-refractivity contribution < 1.29 is 14.3 Å². The largest absolute Gasteiger partial charge is 0.462 e. The summed E-state index contributed by atoms with van der Waals surface area (Å²) < 4.78 is 5.68. The maximum Gasteiger partial charge on any atom is 0.336 e. The summed E-state index contributed by atoms with van der Waals surface area (Å²) in [5.74, 6) is -0.595. The van der Waals surface area contributed by atoms with Gasteiger partial charge in [0.2, 0.25) is 0 Å². The first kappa shape index (κ1) is 25.1. The van der Waals surface area contributed by atoms with Crippen LogP contribution in [-0.2, 0) is 14.3 Å². The molecule has 33 heavy (non-hydrogen) atoms. The first-order valence-electron chi connectivity index (χ1n) is 12.5. The van der Waals surface area contributed by atoms with Crippen LogP contribution >= 0.6 is 0 Å². The molecule has 1 atom stereocenters. The molecule has 1 heterocycles. The minimum Gasteiger partial charge on any atom is -0.462 e. The lowest BCUT2D eigenvalue weighted by atomic mass is 9.68. The Morgan fingerprint density at radius 2 is 1.76 bits per heavy atom. The van der Waals surface area contributed by atoms with Crippen LogP contribution in [0.15, 0.2) is 46.8 Å². The molecule has 0 saturated heterocycles. The van der Waals surface area contributed by atoms with E-state index >= 15 is 0 Å². The predicted octanol–water partition coefficient (Wildman–Crippen LogP) is 5.87. The number of ether oxygens (including phenoxy) is 1. The molecular weight excluding hydrogens is 412 g/mol. The van der Waals surface area contributed by atoms with Gasteiger partial charge in [0.1, 0.15) is 0 Å². The summed E-state index contributed by atoms with van der Waals surface area (Å²) in [7, 11) is 0. The second kappa shape index (κ2) is 10.6. The number of carbonyl (C=O) groups is 2. The number of ketones is 1. The van der Waals surface area contributed by atoms with Crippen LogP contribution in [0.5, 0.6) is 0 Å². The Morgan fingerprint density at radius 3 is 2.36 bits per heavy atom. The number of dihydropyridines is 1. The highest BCUT2D eigenvalue weighted by molar-refractivity contribution is 6.04. The van der Waals surface area contributed by atoms with Crippen LogP contribution in [0.25, 0.3) is 0 Å². The molecule has 0 unspecified atom stereocenters. The molecule has 0 fully saturated rings. The minimum atomic E-state index is -0.394. The molecule has 0 radical (unpaired) electrons. The van der Waals surface area contributed by atoms with Gasteiger partial charge >= 0.3 is 5.97 Å². The standard InChI is InChI=1S/C28H40N2O3/c1-7-10-11-16-33-27(32)24-19(4)29-22-17-28(5,6)18-23(31)26(22)25(24)20-12-14-21(15-13-20)30(8-2)9-3/h12-15,25,29H,7-11,16-18H2,1-6H3/t25-/m0/s1. The van der Waals surface area contributed by atoms with E-state index in [0.717, 1.165) is 67.0 Å². The quantitative estimate of drug-likeness (QED) is 0.375. The molecule has 2 aliphatic rings. The zero-order valence-electron chi connectivity index (χ0n) is 21.2. The molecule has 0 saturated carbocycles. The number of carbonyl (C=O) groups excluding carboxylic acids is 2. The second-order valence-electron chi connectivity index (χ2n) is 10.0. The van der Waals surface area contributed by atoms with Gasteiger partial charge in [0, 0.05) is 48.1 Å². The third-order valence-electron chi connectivity index (χ3n) is 6.80. The molecule has 1 aromatic rings. The molecule has 0 amide bonds. The lowest BCUT2D eigenvalue weighted by Gasteiger charge is -2.39. The van der Waals surface area contributed by atoms with Gasteiger partial charge in [-0.15, -0.1) is 0 Å². The first-order chi connectivity index (χ1) is 15.7. The van der Waals surface area contributed by atoms with Crippen LogP contribution < -0.4 is 10.2 Å². The van der Waals surface area contributed by atoms with E-state index in [9.17, 15) is 9.59 Å². The van der Waals surface area contributed by atoms with Gasteiger partial charge in [0.05, 0.1) is 12.2 Å². The summed E-state index contributed by atoms with van der Waals surface area (Å²) >= 11 is 0. The number of anilines is 1. The van der Waals surface area contributed by atoms with E-state index in [1.54, 1.807) is 0 Å². The Kier molecular flexibility index (Phi) is 8.04. The topological polar surface area (TPSA) is 58.6 Å². The van der Waals surface area contributed by atoms with Crippen LogP contribution in [0, 0.1) is 5.41 Å². The zero-order valence-corrected chi connectivity index (χ0v) is 21.2. The van der Waals surface area contributed by atoms with Crippen molar-refractivity contribution in [3.8, 4) is 0 Å². The molecule has 0 aromatic heterocycles. The number of benzene rings is 1. The summed E-state index contributed by atoms with van der Waals surface area (Å²) in [6.45, 7) is 14.9. The zero-order chi connectivity index (χ0) is 24.2. The number of hydrogen-bond acceptors (Lipinski definition) is 5. The average molecular weight is 453 g/mol. The molecule has 1 aromatic carbocycles. The Hall–Kier alpha value is -2.56. The maximum atomic E-state index is 13.4. The van der Waals surface area contributed by atoms with E-state index in [2.05, 4.69) is 69.1 Å². The van der Waals surface area contributed by atoms with Gasteiger partial charge in [-0.1, -0.05) is 45.7 Å². The number of esters is 1. The number of nitrogens with zero attached hydrogens (tertiary/aromatic N) is 1. The molecule has 5 nitrogen and oxygen atoms in total. The number of Topliss-reactive ketones (excluding diaryl/α,β-unsaturated/α-hetero) is 1. The van der Waals surface area contributed by atoms with Crippen molar-refractivity contribution >= 4 is 17.4 Å². The van der Waals surface area contributed by atoms with Crippen molar-refractivity contribution in [2.45, 2.75) is 79.6 Å². The third kappa shape index (κ3) is 5.51. The van der Waals surface area contributed by atoms with Gasteiger partial charge in [0.25, 0.3) is 0 Å². The maximum absolute atomic E-state index is 13.4. The van der Waals surface area contributed by atoms with Crippen molar-refractivity contribution in [1.82, 2.24) is 5.32 Å². The summed E-state index contributed by atoms with van der Waals surface area (Å²) in [4.78, 5) is 28.9. The summed E-state index contributed by atoms with van der Waals surface area (Å²) in [5.41, 5.74) is 5.05. The molecule has 5 heteroatoms. The lowest BCUT2D eigenvalue weighted by Crippen LogP contribution is -2.38. The van der Waals surface area contributed by atoms with E-state index in [1.807, 2.05) is 6.92 Å². The summed E-state index contributed by atoms with van der Waals surface area (Å²) in [6.07, 6.45) is 4.23. The van der Waals surface area contributed by atoms with Crippen molar-refractivity contribution in [2.24, 2.45) is 5.41 Å². The Labute approximate surface area is 199 Å². The van der Waals surface area contributed by atoms with Crippen LogP contribution in [0.1, 0.15) is 85.1 Å². The van der Waals surface area contributed by atoms with Crippen LogP contribution in [-0.4, -0.2) is 31.4 Å². The van der Waals surface area contributed by atoms with Crippen LogP contribution in [0.3, 0.4) is 0 Å². The number of allylic oxidation sites excluding steroid dienone is 3. The monoisotopic (exact) mass is 452 g/mol. The number of rotatable bonds is 9. The van der Waals surface area contributed by atoms with Crippen molar-refractivity contribution in [3.05, 3.63) is 52.4 Å². The van der Waals surface area contributed by atoms with Crippen molar-refractivity contribution in [1.29, 1.82) is 0 Å². The fourth-order valence-electron chi connectivity index (χ4n) is 5.10. The fourth-order valence-corrected chi connectivity index (χ4v) is 5.10. The molecule has 180 valence electrons. The van der Waals surface area contributed by atoms with E-state index in [4.69, 9.17) is 4.74 Å². The number of unbranched alkanes of at least 4 members (excludes halogenated alkanes) is 2. The van der Waals surface area contributed by atoms with Gasteiger partial charge in [0.15, 0.2) is 5.78 Å². The van der Waals surface area contributed by atoms with Crippen molar-refractivity contribution in [2.75, 3.05) is 24.6 Å². The molecular formula is C28H40N2O3. The average Bonchev–Trinajstić information content (AvgIpc) is 2.76. The Bertz CT molecular complexity index is 936. The highest BCUT2D eigenvalue weighted by Crippen LogP contribution is 2.47. The van der Waals surface area contributed by atoms with Gasteiger partial charge in [-0.3, -0.25) is 4.79 Å². The highest BCUT2D eigenvalue weighted by atomic mass is 16.5. The van der Waals surface area contributed by atoms with E-state index in [0.29, 0.717) is 18.6 Å². The molecule has 0 bridgehead atoms. The van der Waals surface area contributed by atoms with E-state index in [1.165, 1.54) is 0 Å².